The van der Waals surface area contributed by atoms with Crippen molar-refractivity contribution in [2.75, 3.05) is 13.7 Å². The highest BCUT2D eigenvalue weighted by Crippen LogP contribution is 2.26. The lowest BCUT2D eigenvalue weighted by Crippen LogP contribution is -2.49. The van der Waals surface area contributed by atoms with Crippen molar-refractivity contribution in [1.82, 2.24) is 10.2 Å². The number of ether oxygens (including phenoxy) is 1. The third-order valence-electron chi connectivity index (χ3n) is 5.07. The lowest BCUT2D eigenvalue weighted by molar-refractivity contribution is -0.142. The van der Waals surface area contributed by atoms with Gasteiger partial charge in [0, 0.05) is 19.0 Å². The number of likely N-dealkylation sites (N-methyl/N-ethyl adjacent to an activating group) is 1. The molecule has 162 valence electrons. The standard InChI is InChI=1S/C24H24Cl2N2O3/c1-3-21(24(30)27-2)28(14-16-11-12-19(25)20(26)13-16)23(29)15-31-22-10-6-8-17-7-4-5-9-18(17)22/h4-13,21H,3,14-15H2,1-2H3,(H,27,30)/t21-/m0/s1. The van der Waals surface area contributed by atoms with Gasteiger partial charge in [-0.2, -0.15) is 0 Å². The fraction of sp³-hybridized carbons (Fsp3) is 0.250. The predicted molar refractivity (Wildman–Crippen MR) is 125 cm³/mol. The molecule has 0 aliphatic carbocycles. The van der Waals surface area contributed by atoms with Crippen molar-refractivity contribution in [1.29, 1.82) is 0 Å². The maximum Gasteiger partial charge on any atom is 0.261 e. The molecule has 1 N–H and O–H groups in total. The number of hydrogen-bond donors (Lipinski definition) is 1. The molecule has 3 aromatic rings. The van der Waals surface area contributed by atoms with Gasteiger partial charge in [0.25, 0.3) is 5.91 Å². The van der Waals surface area contributed by atoms with E-state index in [0.29, 0.717) is 22.2 Å². The van der Waals surface area contributed by atoms with Gasteiger partial charge in [-0.15, -0.1) is 0 Å². The van der Waals surface area contributed by atoms with Gasteiger partial charge in [0.05, 0.1) is 10.0 Å². The number of halogens is 2. The van der Waals surface area contributed by atoms with Crippen LogP contribution in [0.5, 0.6) is 5.75 Å². The lowest BCUT2D eigenvalue weighted by Gasteiger charge is -2.30. The van der Waals surface area contributed by atoms with Gasteiger partial charge in [-0.3, -0.25) is 9.59 Å². The summed E-state index contributed by atoms with van der Waals surface area (Å²) >= 11 is 12.1. The molecule has 0 fully saturated rings. The Morgan fingerprint density at radius 3 is 2.48 bits per heavy atom. The number of rotatable bonds is 8. The van der Waals surface area contributed by atoms with Crippen molar-refractivity contribution < 1.29 is 14.3 Å². The van der Waals surface area contributed by atoms with E-state index in [9.17, 15) is 9.59 Å². The Morgan fingerprint density at radius 2 is 1.77 bits per heavy atom. The summed E-state index contributed by atoms with van der Waals surface area (Å²) in [7, 11) is 1.55. The highest BCUT2D eigenvalue weighted by Gasteiger charge is 2.28. The van der Waals surface area contributed by atoms with Gasteiger partial charge in [-0.1, -0.05) is 72.6 Å². The molecule has 7 heteroatoms. The Balaban J connectivity index is 1.84. The number of fused-ring (bicyclic) bond motifs is 1. The van der Waals surface area contributed by atoms with E-state index in [1.807, 2.05) is 49.4 Å². The molecule has 0 spiro atoms. The first-order valence-corrected chi connectivity index (χ1v) is 10.8. The molecule has 0 aromatic heterocycles. The monoisotopic (exact) mass is 458 g/mol. The summed E-state index contributed by atoms with van der Waals surface area (Å²) in [4.78, 5) is 27.2. The van der Waals surface area contributed by atoms with Crippen LogP contribution in [0.15, 0.2) is 60.7 Å². The molecular formula is C24H24Cl2N2O3. The quantitative estimate of drug-likeness (QED) is 0.511. The SMILES string of the molecule is CC[C@@H](C(=O)NC)N(Cc1ccc(Cl)c(Cl)c1)C(=O)COc1cccc2ccccc12. The predicted octanol–water partition coefficient (Wildman–Crippen LogP) is 5.08. The third kappa shape index (κ3) is 5.49. The van der Waals surface area contributed by atoms with Gasteiger partial charge >= 0.3 is 0 Å². The Kier molecular flexibility index (Phi) is 7.77. The largest absolute Gasteiger partial charge is 0.483 e. The third-order valence-corrected chi connectivity index (χ3v) is 5.81. The van der Waals surface area contributed by atoms with Crippen molar-refractivity contribution in [2.24, 2.45) is 0 Å². The van der Waals surface area contributed by atoms with Gasteiger partial charge < -0.3 is 15.0 Å². The molecule has 5 nitrogen and oxygen atoms in total. The van der Waals surface area contributed by atoms with Crippen LogP contribution in [0, 0.1) is 0 Å². The van der Waals surface area contributed by atoms with Crippen LogP contribution in [0.4, 0.5) is 0 Å². The van der Waals surface area contributed by atoms with Gasteiger partial charge in [-0.25, -0.2) is 0 Å². The lowest BCUT2D eigenvalue weighted by atomic mass is 10.1. The molecular weight excluding hydrogens is 435 g/mol. The highest BCUT2D eigenvalue weighted by atomic mass is 35.5. The van der Waals surface area contributed by atoms with Gasteiger partial charge in [0.1, 0.15) is 11.8 Å². The summed E-state index contributed by atoms with van der Waals surface area (Å²) in [5.74, 6) is 0.0875. The zero-order valence-electron chi connectivity index (χ0n) is 17.4. The molecule has 0 heterocycles. The van der Waals surface area contributed by atoms with Crippen molar-refractivity contribution in [3.05, 3.63) is 76.3 Å². The molecule has 3 rings (SSSR count). The molecule has 0 saturated carbocycles. The maximum atomic E-state index is 13.2. The molecule has 3 aromatic carbocycles. The smallest absolute Gasteiger partial charge is 0.261 e. The maximum absolute atomic E-state index is 13.2. The normalized spacial score (nSPS) is 11.7. The summed E-state index contributed by atoms with van der Waals surface area (Å²) in [5, 5.41) is 5.41. The van der Waals surface area contributed by atoms with Crippen LogP contribution in [-0.2, 0) is 16.1 Å². The highest BCUT2D eigenvalue weighted by molar-refractivity contribution is 6.42. The minimum absolute atomic E-state index is 0.192. The molecule has 0 aliphatic heterocycles. The van der Waals surface area contributed by atoms with Crippen LogP contribution in [0.3, 0.4) is 0 Å². The molecule has 0 saturated heterocycles. The second-order valence-electron chi connectivity index (χ2n) is 7.07. The van der Waals surface area contributed by atoms with Gasteiger partial charge in [-0.05, 0) is 35.6 Å². The first-order valence-electron chi connectivity index (χ1n) is 10.00. The minimum Gasteiger partial charge on any atom is -0.483 e. The summed E-state index contributed by atoms with van der Waals surface area (Å²) in [6.45, 7) is 1.88. The molecule has 0 radical (unpaired) electrons. The molecule has 0 aliphatic rings. The second kappa shape index (κ2) is 10.5. The Hall–Kier alpha value is -2.76. The summed E-state index contributed by atoms with van der Waals surface area (Å²) in [5.41, 5.74) is 0.773. The number of carbonyl (C=O) groups excluding carboxylic acids is 2. The van der Waals surface area contributed by atoms with E-state index in [4.69, 9.17) is 27.9 Å². The second-order valence-corrected chi connectivity index (χ2v) is 7.89. The van der Waals surface area contributed by atoms with E-state index in [1.165, 1.54) is 4.90 Å². The van der Waals surface area contributed by atoms with E-state index < -0.39 is 6.04 Å². The van der Waals surface area contributed by atoms with E-state index in [1.54, 1.807) is 25.2 Å². The van der Waals surface area contributed by atoms with Crippen LogP contribution in [0.2, 0.25) is 10.0 Å². The number of benzene rings is 3. The number of nitrogens with zero attached hydrogens (tertiary/aromatic N) is 1. The van der Waals surface area contributed by atoms with Crippen LogP contribution in [-0.4, -0.2) is 36.4 Å². The topological polar surface area (TPSA) is 58.6 Å². The molecule has 0 bridgehead atoms. The van der Waals surface area contributed by atoms with Gasteiger partial charge in [0.15, 0.2) is 6.61 Å². The number of amides is 2. The zero-order valence-corrected chi connectivity index (χ0v) is 18.9. The first-order chi connectivity index (χ1) is 14.9. The van der Waals surface area contributed by atoms with Gasteiger partial charge in [0.2, 0.25) is 5.91 Å². The number of nitrogens with one attached hydrogen (secondary N) is 1. The fourth-order valence-corrected chi connectivity index (χ4v) is 3.79. The van der Waals surface area contributed by atoms with E-state index >= 15 is 0 Å². The molecule has 1 atom stereocenters. The Morgan fingerprint density at radius 1 is 1.03 bits per heavy atom. The first kappa shape index (κ1) is 22.9. The van der Waals surface area contributed by atoms with Crippen LogP contribution >= 0.6 is 23.2 Å². The molecule has 2 amide bonds. The van der Waals surface area contributed by atoms with Crippen molar-refractivity contribution in [3.8, 4) is 5.75 Å². The van der Waals surface area contributed by atoms with Crippen LogP contribution < -0.4 is 10.1 Å². The Bertz CT molecular complexity index is 1080. The number of hydrogen-bond acceptors (Lipinski definition) is 3. The summed E-state index contributed by atoms with van der Waals surface area (Å²) < 4.78 is 5.88. The minimum atomic E-state index is -0.636. The summed E-state index contributed by atoms with van der Waals surface area (Å²) in [6, 6.07) is 18.0. The van der Waals surface area contributed by atoms with E-state index in [2.05, 4.69) is 5.32 Å². The van der Waals surface area contributed by atoms with Crippen molar-refractivity contribution in [2.45, 2.75) is 25.9 Å². The van der Waals surface area contributed by atoms with E-state index in [-0.39, 0.29) is 25.0 Å². The average Bonchev–Trinajstić information content (AvgIpc) is 2.79. The zero-order chi connectivity index (χ0) is 22.4. The number of carbonyl (C=O) groups is 2. The van der Waals surface area contributed by atoms with Crippen molar-refractivity contribution in [3.63, 3.8) is 0 Å². The summed E-state index contributed by atoms with van der Waals surface area (Å²) in [6.07, 6.45) is 0.459. The Labute approximate surface area is 191 Å². The van der Waals surface area contributed by atoms with Crippen LogP contribution in [0.25, 0.3) is 10.8 Å². The molecule has 31 heavy (non-hydrogen) atoms. The van der Waals surface area contributed by atoms with Crippen molar-refractivity contribution >= 4 is 45.8 Å². The fourth-order valence-electron chi connectivity index (χ4n) is 3.46. The van der Waals surface area contributed by atoms with E-state index in [0.717, 1.165) is 16.3 Å². The van der Waals surface area contributed by atoms with Crippen LogP contribution in [0.1, 0.15) is 18.9 Å². The molecule has 0 unspecified atom stereocenters. The average molecular weight is 459 g/mol.